The highest BCUT2D eigenvalue weighted by Crippen LogP contribution is 1.97. The highest BCUT2D eigenvalue weighted by Gasteiger charge is 2.08. The van der Waals surface area contributed by atoms with Gasteiger partial charge in [0.25, 0.3) is 0 Å². The number of carbonyl (C=O) groups is 1. The van der Waals surface area contributed by atoms with Gasteiger partial charge in [-0.1, -0.05) is 13.8 Å². The Morgan fingerprint density at radius 1 is 1.64 bits per heavy atom. The van der Waals surface area contributed by atoms with E-state index in [0.29, 0.717) is 18.9 Å². The molecule has 3 heteroatoms. The van der Waals surface area contributed by atoms with Crippen LogP contribution in [0.1, 0.15) is 20.3 Å². The Balaban J connectivity index is 3.67. The minimum Gasteiger partial charge on any atom is -0.345 e. The lowest BCUT2D eigenvalue weighted by atomic mass is 10.2. The van der Waals surface area contributed by atoms with Gasteiger partial charge >= 0.3 is 0 Å². The quantitative estimate of drug-likeness (QED) is 0.645. The van der Waals surface area contributed by atoms with Crippen molar-refractivity contribution in [1.82, 2.24) is 4.90 Å². The van der Waals surface area contributed by atoms with Crippen molar-refractivity contribution in [3.05, 3.63) is 0 Å². The van der Waals surface area contributed by atoms with E-state index >= 15 is 0 Å². The maximum atomic E-state index is 11.0. The maximum absolute atomic E-state index is 11.0. The second kappa shape index (κ2) is 5.13. The Hall–Kier alpha value is -0.570. The summed E-state index contributed by atoms with van der Waals surface area (Å²) in [7, 11) is 1.82. The average Bonchev–Trinajstić information content (AvgIpc) is 2.02. The predicted molar refractivity (Wildman–Crippen MR) is 46.1 cm³/mol. The molecule has 0 saturated carbocycles. The van der Waals surface area contributed by atoms with Crippen LogP contribution in [0.15, 0.2) is 0 Å². The van der Waals surface area contributed by atoms with Crippen LogP contribution in [0.3, 0.4) is 0 Å². The van der Waals surface area contributed by atoms with Gasteiger partial charge in [0.1, 0.15) is 0 Å². The molecule has 0 heterocycles. The maximum Gasteiger partial charge on any atom is 0.222 e. The van der Waals surface area contributed by atoms with Crippen LogP contribution >= 0.6 is 0 Å². The number of rotatable bonds is 4. The Morgan fingerprint density at radius 3 is 2.55 bits per heavy atom. The van der Waals surface area contributed by atoms with Crippen molar-refractivity contribution in [2.75, 3.05) is 20.1 Å². The van der Waals surface area contributed by atoms with Gasteiger partial charge in [0.05, 0.1) is 0 Å². The van der Waals surface area contributed by atoms with Crippen molar-refractivity contribution in [2.45, 2.75) is 20.3 Å². The first-order valence-corrected chi connectivity index (χ1v) is 4.05. The third-order valence-electron chi connectivity index (χ3n) is 1.72. The van der Waals surface area contributed by atoms with E-state index in [2.05, 4.69) is 0 Å². The molecule has 0 fully saturated rings. The van der Waals surface area contributed by atoms with E-state index in [1.807, 2.05) is 20.9 Å². The minimum absolute atomic E-state index is 0.185. The number of carbonyl (C=O) groups excluding carboxylic acids is 1. The third kappa shape index (κ3) is 3.98. The lowest BCUT2D eigenvalue weighted by Gasteiger charge is -2.19. The Morgan fingerprint density at radius 2 is 2.18 bits per heavy atom. The minimum atomic E-state index is 0.185. The lowest BCUT2D eigenvalue weighted by molar-refractivity contribution is -0.130. The van der Waals surface area contributed by atoms with Crippen molar-refractivity contribution < 1.29 is 4.79 Å². The van der Waals surface area contributed by atoms with Gasteiger partial charge in [-0.2, -0.15) is 0 Å². The fourth-order valence-electron chi connectivity index (χ4n) is 0.914. The normalized spacial score (nSPS) is 12.7. The summed E-state index contributed by atoms with van der Waals surface area (Å²) in [5.74, 6) is 0.584. The van der Waals surface area contributed by atoms with Crippen molar-refractivity contribution in [3.8, 4) is 0 Å². The first-order valence-electron chi connectivity index (χ1n) is 4.05. The Kier molecular flexibility index (Phi) is 4.86. The van der Waals surface area contributed by atoms with Crippen LogP contribution in [0.2, 0.25) is 0 Å². The van der Waals surface area contributed by atoms with E-state index in [1.165, 1.54) is 0 Å². The second-order valence-electron chi connectivity index (χ2n) is 2.97. The number of hydrogen-bond donors (Lipinski definition) is 1. The summed E-state index contributed by atoms with van der Waals surface area (Å²) in [5, 5.41) is 0. The predicted octanol–water partition coefficient (Wildman–Crippen LogP) is 0.450. The van der Waals surface area contributed by atoms with Crippen molar-refractivity contribution in [2.24, 2.45) is 11.7 Å². The molecule has 2 N–H and O–H groups in total. The zero-order valence-electron chi connectivity index (χ0n) is 7.63. The zero-order valence-corrected chi connectivity index (χ0v) is 7.63. The van der Waals surface area contributed by atoms with E-state index in [0.717, 1.165) is 6.54 Å². The topological polar surface area (TPSA) is 46.3 Å². The summed E-state index contributed by atoms with van der Waals surface area (Å²) in [6.45, 7) is 5.32. The van der Waals surface area contributed by atoms with Gasteiger partial charge in [0.2, 0.25) is 5.91 Å². The number of hydrogen-bond acceptors (Lipinski definition) is 2. The van der Waals surface area contributed by atoms with Crippen molar-refractivity contribution in [3.63, 3.8) is 0 Å². The van der Waals surface area contributed by atoms with Crippen LogP contribution in [-0.2, 0) is 4.79 Å². The van der Waals surface area contributed by atoms with Gasteiger partial charge in [0, 0.05) is 20.0 Å². The fourth-order valence-corrected chi connectivity index (χ4v) is 0.914. The zero-order chi connectivity index (χ0) is 8.85. The fraction of sp³-hybridized carbons (Fsp3) is 0.875. The highest BCUT2D eigenvalue weighted by atomic mass is 16.2. The highest BCUT2D eigenvalue weighted by molar-refractivity contribution is 5.75. The molecule has 0 radical (unpaired) electrons. The smallest absolute Gasteiger partial charge is 0.222 e. The van der Waals surface area contributed by atoms with E-state index < -0.39 is 0 Å². The van der Waals surface area contributed by atoms with Crippen molar-refractivity contribution >= 4 is 5.91 Å². The molecule has 0 bridgehead atoms. The summed E-state index contributed by atoms with van der Waals surface area (Å²) in [6, 6.07) is 0. The molecule has 0 aliphatic carbocycles. The van der Waals surface area contributed by atoms with E-state index in [1.54, 1.807) is 4.90 Å². The molecule has 0 saturated heterocycles. The largest absolute Gasteiger partial charge is 0.345 e. The molecular formula is C8H18N2O. The van der Waals surface area contributed by atoms with Crippen LogP contribution < -0.4 is 5.73 Å². The third-order valence-corrected chi connectivity index (χ3v) is 1.72. The second-order valence-corrected chi connectivity index (χ2v) is 2.97. The van der Waals surface area contributed by atoms with Crippen LogP contribution in [0.4, 0.5) is 0 Å². The molecule has 1 atom stereocenters. The SMILES string of the molecule is CCC(=O)N(C)CC(C)CN. The van der Waals surface area contributed by atoms with Crippen LogP contribution in [-0.4, -0.2) is 30.9 Å². The number of nitrogens with zero attached hydrogens (tertiary/aromatic N) is 1. The van der Waals surface area contributed by atoms with Crippen LogP contribution in [0.25, 0.3) is 0 Å². The summed E-state index contributed by atoms with van der Waals surface area (Å²) < 4.78 is 0. The molecule has 0 aliphatic rings. The molecule has 11 heavy (non-hydrogen) atoms. The Bertz CT molecular complexity index is 125. The monoisotopic (exact) mass is 158 g/mol. The standard InChI is InChI=1S/C8H18N2O/c1-4-8(11)10(3)6-7(2)5-9/h7H,4-6,9H2,1-3H3. The first-order chi connectivity index (χ1) is 5.11. The lowest BCUT2D eigenvalue weighted by Crippen LogP contribution is -2.32. The van der Waals surface area contributed by atoms with Crippen molar-refractivity contribution in [1.29, 1.82) is 0 Å². The molecule has 0 rings (SSSR count). The molecule has 0 spiro atoms. The van der Waals surface area contributed by atoms with E-state index in [-0.39, 0.29) is 5.91 Å². The number of amides is 1. The van der Waals surface area contributed by atoms with Gasteiger partial charge in [-0.15, -0.1) is 0 Å². The summed E-state index contributed by atoms with van der Waals surface area (Å²) in [4.78, 5) is 12.8. The molecule has 1 amide bonds. The van der Waals surface area contributed by atoms with E-state index in [4.69, 9.17) is 5.73 Å². The number of nitrogens with two attached hydrogens (primary N) is 1. The molecular weight excluding hydrogens is 140 g/mol. The van der Waals surface area contributed by atoms with Crippen LogP contribution in [0.5, 0.6) is 0 Å². The molecule has 66 valence electrons. The summed E-state index contributed by atoms with van der Waals surface area (Å²) in [6.07, 6.45) is 0.577. The molecule has 0 aromatic carbocycles. The van der Waals surface area contributed by atoms with Gasteiger partial charge < -0.3 is 10.6 Å². The molecule has 1 unspecified atom stereocenters. The molecule has 0 aliphatic heterocycles. The molecule has 3 nitrogen and oxygen atoms in total. The van der Waals surface area contributed by atoms with E-state index in [9.17, 15) is 4.79 Å². The van der Waals surface area contributed by atoms with Gasteiger partial charge in [-0.05, 0) is 12.5 Å². The summed E-state index contributed by atoms with van der Waals surface area (Å²) in [5.41, 5.74) is 5.42. The first kappa shape index (κ1) is 10.4. The van der Waals surface area contributed by atoms with Crippen LogP contribution in [0, 0.1) is 5.92 Å². The van der Waals surface area contributed by atoms with Gasteiger partial charge in [-0.25, -0.2) is 0 Å². The summed E-state index contributed by atoms with van der Waals surface area (Å²) >= 11 is 0. The van der Waals surface area contributed by atoms with Gasteiger partial charge in [-0.3, -0.25) is 4.79 Å². The average molecular weight is 158 g/mol. The molecule has 0 aromatic heterocycles. The molecule has 0 aromatic rings. The van der Waals surface area contributed by atoms with Gasteiger partial charge in [0.15, 0.2) is 0 Å². The Labute approximate surface area is 68.6 Å².